The van der Waals surface area contributed by atoms with Crippen molar-refractivity contribution in [2.45, 2.75) is 57.3 Å². The molecule has 1 fully saturated rings. The Balaban J connectivity index is 0.855. The largest absolute Gasteiger partial charge is 0.506 e. The van der Waals surface area contributed by atoms with Crippen LogP contribution >= 0.6 is 22.9 Å². The number of aromatic nitrogens is 1. The van der Waals surface area contributed by atoms with Gasteiger partial charge in [0.05, 0.1) is 40.0 Å². The number of rotatable bonds is 18. The number of aliphatic hydroxyl groups is 1. The summed E-state index contributed by atoms with van der Waals surface area (Å²) in [6, 6.07) is 21.1. The molecule has 1 aliphatic heterocycles. The van der Waals surface area contributed by atoms with Crippen LogP contribution in [0.25, 0.3) is 21.3 Å². The van der Waals surface area contributed by atoms with Crippen molar-refractivity contribution < 1.29 is 34.1 Å². The van der Waals surface area contributed by atoms with Crippen LogP contribution in [-0.4, -0.2) is 95.9 Å². The average molecular weight is 859 g/mol. The topological polar surface area (TPSA) is 186 Å². The highest BCUT2D eigenvalue weighted by atomic mass is 35.5. The number of hydrogen-bond donors (Lipinski definition) is 6. The molecule has 3 heterocycles. The first-order valence-electron chi connectivity index (χ1n) is 20.0. The van der Waals surface area contributed by atoms with Crippen molar-refractivity contribution in [3.8, 4) is 21.9 Å². The second-order valence-electron chi connectivity index (χ2n) is 14.7. The zero-order valence-electron chi connectivity index (χ0n) is 33.7. The second kappa shape index (κ2) is 21.2. The Morgan fingerprint density at radius 3 is 2.55 bits per heavy atom. The van der Waals surface area contributed by atoms with Gasteiger partial charge in [-0.25, -0.2) is 4.79 Å². The number of phenols is 1. The molecule has 1 aliphatic rings. The smallest absolute Gasteiger partial charge is 0.411 e. The van der Waals surface area contributed by atoms with Gasteiger partial charge in [0.1, 0.15) is 17.6 Å². The van der Waals surface area contributed by atoms with Gasteiger partial charge in [-0.2, -0.15) is 0 Å². The van der Waals surface area contributed by atoms with E-state index in [2.05, 4.69) is 25.8 Å². The van der Waals surface area contributed by atoms with Crippen molar-refractivity contribution in [3.63, 3.8) is 0 Å². The normalized spacial score (nSPS) is 13.8. The molecule has 60 heavy (non-hydrogen) atoms. The van der Waals surface area contributed by atoms with Gasteiger partial charge in [-0.3, -0.25) is 19.7 Å². The third-order valence-electron chi connectivity index (χ3n) is 10.5. The van der Waals surface area contributed by atoms with Crippen LogP contribution in [0.3, 0.4) is 0 Å². The van der Waals surface area contributed by atoms with Gasteiger partial charge in [0.2, 0.25) is 17.4 Å². The molecule has 1 saturated heterocycles. The molecular formula is C44H51ClN6O8S. The maximum atomic E-state index is 12.9. The average Bonchev–Trinajstić information content (AvgIpc) is 3.71. The molecule has 1 atom stereocenters. The van der Waals surface area contributed by atoms with Gasteiger partial charge >= 0.3 is 6.09 Å². The van der Waals surface area contributed by atoms with Crippen LogP contribution in [0, 0.1) is 0 Å². The number of halogens is 1. The minimum atomic E-state index is -0.943. The number of benzene rings is 3. The number of hydrogen-bond acceptors (Lipinski definition) is 11. The minimum absolute atomic E-state index is 0.0385. The number of piperidine rings is 1. The van der Waals surface area contributed by atoms with Crippen LogP contribution in [-0.2, 0) is 20.9 Å². The molecule has 3 aromatic carbocycles. The number of unbranched alkanes of at least 4 members (excludes halogenated alkanes) is 1. The Hall–Kier alpha value is -5.45. The predicted molar refractivity (Wildman–Crippen MR) is 235 cm³/mol. The van der Waals surface area contributed by atoms with E-state index in [9.17, 15) is 29.4 Å². The van der Waals surface area contributed by atoms with E-state index in [1.807, 2.05) is 41.8 Å². The van der Waals surface area contributed by atoms with Gasteiger partial charge in [0.15, 0.2) is 0 Å². The highest BCUT2D eigenvalue weighted by Gasteiger charge is 2.24. The SMILES string of the molecule is COc1cc(NC(=O)CCCCN(C)C(=O)CCN2CCC(OC(=O)Nc3ccsc3-c3ccccc3)CC2)c(Cl)cc1CNCC(O)c1ccc(O)c2[nH]c(=O)ccc12. The number of thiophene rings is 1. The fraction of sp³-hybridized carbons (Fsp3) is 0.364. The Kier molecular flexibility index (Phi) is 15.6. The summed E-state index contributed by atoms with van der Waals surface area (Å²) in [6.07, 6.45) is 1.69. The van der Waals surface area contributed by atoms with Gasteiger partial charge in [0, 0.05) is 82.2 Å². The Bertz CT molecular complexity index is 2310. The standard InChI is InChI=1S/C44H51ClN6O8S/c1-50(41(56)17-22-51-20-15-30(16-21-51)59-44(57)48-34-18-23-60-43(34)28-8-4-3-5-9-28)19-7-6-10-39(54)47-35-25-38(58-2)29(24-33(35)45)26-46-27-37(53)31-11-13-36(52)42-32(31)12-14-40(55)49-42/h3-5,8-9,11-14,18,23-25,30,37,46,52-53H,6-7,10,15-17,19-22,26-27H2,1-2H3,(H,47,54)(H,48,57)(H,49,55). The number of ether oxygens (including phenoxy) is 2. The lowest BCUT2D eigenvalue weighted by Gasteiger charge is -2.31. The van der Waals surface area contributed by atoms with Crippen molar-refractivity contribution in [3.05, 3.63) is 105 Å². The van der Waals surface area contributed by atoms with Crippen LogP contribution in [0.15, 0.2) is 83.0 Å². The summed E-state index contributed by atoms with van der Waals surface area (Å²) in [4.78, 5) is 57.7. The van der Waals surface area contributed by atoms with E-state index in [-0.39, 0.29) is 47.7 Å². The quantitative estimate of drug-likeness (QED) is 0.0496. The second-order valence-corrected chi connectivity index (χ2v) is 16.1. The summed E-state index contributed by atoms with van der Waals surface area (Å²) >= 11 is 8.12. The maximum Gasteiger partial charge on any atom is 0.411 e. The monoisotopic (exact) mass is 858 g/mol. The van der Waals surface area contributed by atoms with Crippen molar-refractivity contribution in [2.75, 3.05) is 57.5 Å². The molecule has 2 aromatic heterocycles. The van der Waals surface area contributed by atoms with Crippen molar-refractivity contribution in [1.82, 2.24) is 20.1 Å². The molecule has 0 aliphatic carbocycles. The first-order chi connectivity index (χ1) is 29.0. The van der Waals surface area contributed by atoms with Crippen molar-refractivity contribution >= 4 is 63.1 Å². The van der Waals surface area contributed by atoms with E-state index < -0.39 is 12.2 Å². The Labute approximate surface area is 357 Å². The maximum absolute atomic E-state index is 12.9. The molecule has 6 N–H and O–H groups in total. The van der Waals surface area contributed by atoms with E-state index >= 15 is 0 Å². The molecule has 0 bridgehead atoms. The summed E-state index contributed by atoms with van der Waals surface area (Å²) in [7, 11) is 3.29. The third-order valence-corrected chi connectivity index (χ3v) is 11.8. The van der Waals surface area contributed by atoms with Crippen LogP contribution in [0.5, 0.6) is 11.5 Å². The first-order valence-corrected chi connectivity index (χ1v) is 21.2. The molecule has 1 unspecified atom stereocenters. The van der Waals surface area contributed by atoms with E-state index in [0.717, 1.165) is 29.2 Å². The summed E-state index contributed by atoms with van der Waals surface area (Å²) in [6.45, 7) is 3.09. The van der Waals surface area contributed by atoms with Crippen LogP contribution in [0.4, 0.5) is 16.2 Å². The van der Waals surface area contributed by atoms with Crippen LogP contribution < -0.4 is 26.2 Å². The number of pyridine rings is 1. The molecule has 14 nitrogen and oxygen atoms in total. The minimum Gasteiger partial charge on any atom is -0.506 e. The molecule has 0 spiro atoms. The fourth-order valence-corrected chi connectivity index (χ4v) is 8.29. The van der Waals surface area contributed by atoms with Gasteiger partial charge in [0.25, 0.3) is 0 Å². The van der Waals surface area contributed by atoms with Crippen molar-refractivity contribution in [2.24, 2.45) is 0 Å². The number of aliphatic hydroxyl groups excluding tert-OH is 1. The lowest BCUT2D eigenvalue weighted by atomic mass is 10.0. The highest BCUT2D eigenvalue weighted by molar-refractivity contribution is 7.14. The number of aromatic hydroxyl groups is 1. The number of nitrogens with one attached hydrogen (secondary N) is 4. The molecule has 0 saturated carbocycles. The predicted octanol–water partition coefficient (Wildman–Crippen LogP) is 7.12. The van der Waals surface area contributed by atoms with Gasteiger partial charge in [-0.05, 0) is 66.5 Å². The zero-order chi connectivity index (χ0) is 42.6. The number of aromatic amines is 1. The molecule has 6 rings (SSSR count). The number of likely N-dealkylation sites (tertiary alicyclic amines) is 1. The number of nitrogens with zero attached hydrogens (tertiary/aromatic N) is 2. The van der Waals surface area contributed by atoms with Crippen LogP contribution in [0.2, 0.25) is 5.02 Å². The summed E-state index contributed by atoms with van der Waals surface area (Å²) in [5.41, 5.74) is 3.34. The van der Waals surface area contributed by atoms with E-state index in [0.29, 0.717) is 84.7 Å². The fourth-order valence-electron chi connectivity index (χ4n) is 7.20. The van der Waals surface area contributed by atoms with E-state index in [1.54, 1.807) is 47.5 Å². The Morgan fingerprint density at radius 2 is 1.78 bits per heavy atom. The molecular weight excluding hydrogens is 808 g/mol. The number of carbonyl (C=O) groups excluding carboxylic acids is 3. The number of fused-ring (bicyclic) bond motifs is 1. The van der Waals surface area contributed by atoms with Crippen molar-refractivity contribution in [1.29, 1.82) is 0 Å². The molecule has 16 heteroatoms. The number of methoxy groups -OCH3 is 1. The lowest BCUT2D eigenvalue weighted by Crippen LogP contribution is -2.40. The summed E-state index contributed by atoms with van der Waals surface area (Å²) in [5.74, 6) is 0.240. The first kappa shape index (κ1) is 44.1. The number of anilines is 2. The van der Waals surface area contributed by atoms with E-state index in [1.165, 1.54) is 19.2 Å². The third kappa shape index (κ3) is 11.9. The Morgan fingerprint density at radius 1 is 1.00 bits per heavy atom. The van der Waals surface area contributed by atoms with E-state index in [4.69, 9.17) is 21.1 Å². The molecule has 3 amide bonds. The number of carbonyl (C=O) groups is 3. The van der Waals surface area contributed by atoms with Gasteiger partial charge < -0.3 is 45.1 Å². The molecule has 5 aromatic rings. The van der Waals surface area contributed by atoms with Gasteiger partial charge in [-0.1, -0.05) is 48.0 Å². The number of phenolic OH excluding ortho intramolecular Hbond substituents is 1. The summed E-state index contributed by atoms with van der Waals surface area (Å²) < 4.78 is 11.3. The number of amides is 3. The molecule has 318 valence electrons. The molecule has 0 radical (unpaired) electrons. The lowest BCUT2D eigenvalue weighted by molar-refractivity contribution is -0.130. The van der Waals surface area contributed by atoms with Crippen LogP contribution in [0.1, 0.15) is 55.8 Å². The number of H-pyrrole nitrogens is 1. The summed E-state index contributed by atoms with van der Waals surface area (Å²) in [5, 5.41) is 32.8. The van der Waals surface area contributed by atoms with Gasteiger partial charge in [-0.15, -0.1) is 11.3 Å². The zero-order valence-corrected chi connectivity index (χ0v) is 35.2. The highest BCUT2D eigenvalue weighted by Crippen LogP contribution is 2.34.